The van der Waals surface area contributed by atoms with E-state index in [0.29, 0.717) is 16.2 Å². The molecule has 0 amide bonds. The molecule has 0 aliphatic heterocycles. The minimum atomic E-state index is -0.138. The minimum absolute atomic E-state index is 0.138. The number of aryl methyl sites for hydroxylation is 1. The molecule has 3 heterocycles. The molecular formula is C18H12ClN3OS. The number of pyridine rings is 1. The summed E-state index contributed by atoms with van der Waals surface area (Å²) in [7, 11) is 0. The molecule has 4 aromatic rings. The molecule has 0 saturated carbocycles. The molecule has 24 heavy (non-hydrogen) atoms. The predicted molar refractivity (Wildman–Crippen MR) is 98.7 cm³/mol. The molecule has 0 atom stereocenters. The van der Waals surface area contributed by atoms with Gasteiger partial charge in [-0.3, -0.25) is 9.78 Å². The molecule has 0 unspecified atom stereocenters. The molecule has 4 nitrogen and oxygen atoms in total. The number of halogens is 1. The Bertz CT molecular complexity index is 1090. The molecule has 1 aromatic carbocycles. The van der Waals surface area contributed by atoms with E-state index in [2.05, 4.69) is 15.0 Å². The maximum absolute atomic E-state index is 12.7. The number of benzene rings is 1. The van der Waals surface area contributed by atoms with Crippen molar-refractivity contribution in [2.75, 3.05) is 0 Å². The summed E-state index contributed by atoms with van der Waals surface area (Å²) in [4.78, 5) is 26.0. The molecule has 0 radical (unpaired) electrons. The summed E-state index contributed by atoms with van der Waals surface area (Å²) in [5.41, 5.74) is 2.58. The maximum Gasteiger partial charge on any atom is 0.260 e. The van der Waals surface area contributed by atoms with Crippen LogP contribution in [0.15, 0.2) is 53.6 Å². The van der Waals surface area contributed by atoms with Crippen LogP contribution in [0.5, 0.6) is 0 Å². The molecule has 3 aromatic heterocycles. The van der Waals surface area contributed by atoms with Gasteiger partial charge in [0.1, 0.15) is 10.7 Å². The zero-order chi connectivity index (χ0) is 16.7. The summed E-state index contributed by atoms with van der Waals surface area (Å²) < 4.78 is 0. The highest BCUT2D eigenvalue weighted by Crippen LogP contribution is 2.36. The summed E-state index contributed by atoms with van der Waals surface area (Å²) in [5, 5.41) is 1.29. The van der Waals surface area contributed by atoms with E-state index in [0.717, 1.165) is 26.4 Å². The number of fused-ring (bicyclic) bond motifs is 1. The lowest BCUT2D eigenvalue weighted by molar-refractivity contribution is 1.18. The van der Waals surface area contributed by atoms with Crippen molar-refractivity contribution in [1.82, 2.24) is 15.0 Å². The lowest BCUT2D eigenvalue weighted by Gasteiger charge is -2.03. The highest BCUT2D eigenvalue weighted by atomic mass is 35.5. The third-order valence-electron chi connectivity index (χ3n) is 3.82. The Morgan fingerprint density at radius 3 is 2.46 bits per heavy atom. The molecule has 0 bridgehead atoms. The van der Waals surface area contributed by atoms with Crippen LogP contribution in [0.25, 0.3) is 32.7 Å². The van der Waals surface area contributed by atoms with Gasteiger partial charge in [-0.25, -0.2) is 4.98 Å². The number of hydrogen-bond donors (Lipinski definition) is 1. The largest absolute Gasteiger partial charge is 0.306 e. The van der Waals surface area contributed by atoms with Crippen LogP contribution < -0.4 is 5.56 Å². The molecule has 118 valence electrons. The van der Waals surface area contributed by atoms with Crippen molar-refractivity contribution in [2.24, 2.45) is 0 Å². The first-order chi connectivity index (χ1) is 11.6. The van der Waals surface area contributed by atoms with Crippen LogP contribution in [0.3, 0.4) is 0 Å². The fourth-order valence-corrected chi connectivity index (χ4v) is 3.90. The van der Waals surface area contributed by atoms with Crippen molar-refractivity contribution in [1.29, 1.82) is 0 Å². The first-order valence-electron chi connectivity index (χ1n) is 7.33. The van der Waals surface area contributed by atoms with E-state index < -0.39 is 0 Å². The molecule has 0 fully saturated rings. The van der Waals surface area contributed by atoms with Gasteiger partial charge in [-0.05, 0) is 36.8 Å². The Kier molecular flexibility index (Phi) is 3.67. The van der Waals surface area contributed by atoms with Gasteiger partial charge in [-0.2, -0.15) is 0 Å². The molecular weight excluding hydrogens is 342 g/mol. The number of aromatic amines is 1. The Balaban J connectivity index is 1.97. The second-order valence-corrected chi connectivity index (χ2v) is 7.01. The normalized spacial score (nSPS) is 11.1. The number of thiophene rings is 1. The van der Waals surface area contributed by atoms with E-state index in [4.69, 9.17) is 11.6 Å². The number of aromatic nitrogens is 3. The van der Waals surface area contributed by atoms with Gasteiger partial charge in [0.05, 0.1) is 5.39 Å². The highest BCUT2D eigenvalue weighted by molar-refractivity contribution is 7.19. The Morgan fingerprint density at radius 2 is 1.75 bits per heavy atom. The van der Waals surface area contributed by atoms with Gasteiger partial charge in [-0.1, -0.05) is 23.7 Å². The van der Waals surface area contributed by atoms with Gasteiger partial charge in [0.2, 0.25) is 0 Å². The van der Waals surface area contributed by atoms with Crippen molar-refractivity contribution in [2.45, 2.75) is 6.92 Å². The number of H-pyrrole nitrogens is 1. The van der Waals surface area contributed by atoms with Crippen LogP contribution in [0, 0.1) is 6.92 Å². The fourth-order valence-electron chi connectivity index (χ4n) is 2.73. The van der Waals surface area contributed by atoms with E-state index in [1.807, 2.05) is 43.3 Å². The van der Waals surface area contributed by atoms with Crippen LogP contribution in [0.4, 0.5) is 0 Å². The molecule has 0 aliphatic carbocycles. The summed E-state index contributed by atoms with van der Waals surface area (Å²) in [6.07, 6.45) is 3.36. The lowest BCUT2D eigenvalue weighted by atomic mass is 10.0. The molecule has 0 spiro atoms. The second kappa shape index (κ2) is 5.85. The number of rotatable bonds is 2. The first kappa shape index (κ1) is 15.1. The van der Waals surface area contributed by atoms with Gasteiger partial charge >= 0.3 is 0 Å². The maximum atomic E-state index is 12.7. The Morgan fingerprint density at radius 1 is 1.04 bits per heavy atom. The smallest absolute Gasteiger partial charge is 0.260 e. The van der Waals surface area contributed by atoms with Gasteiger partial charge in [0.15, 0.2) is 0 Å². The average Bonchev–Trinajstić information content (AvgIpc) is 2.93. The number of hydrogen-bond acceptors (Lipinski definition) is 4. The van der Waals surface area contributed by atoms with Crippen molar-refractivity contribution in [3.8, 4) is 22.5 Å². The molecule has 4 rings (SSSR count). The van der Waals surface area contributed by atoms with Crippen LogP contribution in [-0.2, 0) is 0 Å². The van der Waals surface area contributed by atoms with E-state index in [1.54, 1.807) is 12.4 Å². The number of nitrogens with one attached hydrogen (secondary N) is 1. The predicted octanol–water partition coefficient (Wildman–Crippen LogP) is 4.68. The van der Waals surface area contributed by atoms with Crippen molar-refractivity contribution in [3.05, 3.63) is 69.0 Å². The topological polar surface area (TPSA) is 58.6 Å². The quantitative estimate of drug-likeness (QED) is 0.569. The van der Waals surface area contributed by atoms with Crippen molar-refractivity contribution < 1.29 is 0 Å². The van der Waals surface area contributed by atoms with E-state index in [1.165, 1.54) is 11.3 Å². The van der Waals surface area contributed by atoms with Crippen molar-refractivity contribution >= 4 is 33.2 Å². The summed E-state index contributed by atoms with van der Waals surface area (Å²) in [5.74, 6) is 0.554. The van der Waals surface area contributed by atoms with Gasteiger partial charge in [-0.15, -0.1) is 11.3 Å². The average molecular weight is 354 g/mol. The van der Waals surface area contributed by atoms with Crippen LogP contribution in [0.1, 0.15) is 4.88 Å². The second-order valence-electron chi connectivity index (χ2n) is 5.37. The van der Waals surface area contributed by atoms with E-state index in [-0.39, 0.29) is 5.56 Å². The molecule has 0 aliphatic rings. The van der Waals surface area contributed by atoms with Crippen LogP contribution in [0.2, 0.25) is 5.02 Å². The van der Waals surface area contributed by atoms with Gasteiger partial charge in [0.25, 0.3) is 5.56 Å². The summed E-state index contributed by atoms with van der Waals surface area (Å²) in [6.45, 7) is 2.00. The molecule has 0 saturated heterocycles. The summed E-state index contributed by atoms with van der Waals surface area (Å²) in [6, 6.07) is 11.1. The van der Waals surface area contributed by atoms with Crippen molar-refractivity contribution in [3.63, 3.8) is 0 Å². The Labute approximate surface area is 146 Å². The monoisotopic (exact) mass is 353 g/mol. The van der Waals surface area contributed by atoms with E-state index >= 15 is 0 Å². The number of nitrogens with zero attached hydrogens (tertiary/aromatic N) is 2. The van der Waals surface area contributed by atoms with E-state index in [9.17, 15) is 4.79 Å². The molecule has 6 heteroatoms. The van der Waals surface area contributed by atoms with Crippen LogP contribution in [-0.4, -0.2) is 15.0 Å². The zero-order valence-electron chi connectivity index (χ0n) is 12.7. The third kappa shape index (κ3) is 2.52. The standard InChI is InChI=1S/C18H12ClN3OS/c1-10-14(11-2-4-13(19)5-3-11)15-17(23)21-16(22-18(15)24-10)12-6-8-20-9-7-12/h2-9H,1H3,(H,21,22,23). The third-order valence-corrected chi connectivity index (χ3v) is 5.08. The fraction of sp³-hybridized carbons (Fsp3) is 0.0556. The first-order valence-corrected chi connectivity index (χ1v) is 8.52. The van der Waals surface area contributed by atoms with Crippen LogP contribution >= 0.6 is 22.9 Å². The minimum Gasteiger partial charge on any atom is -0.306 e. The highest BCUT2D eigenvalue weighted by Gasteiger charge is 2.17. The van der Waals surface area contributed by atoms with Gasteiger partial charge in [0, 0.05) is 33.4 Å². The summed E-state index contributed by atoms with van der Waals surface area (Å²) >= 11 is 7.49. The van der Waals surface area contributed by atoms with Gasteiger partial charge < -0.3 is 4.98 Å². The molecule has 1 N–H and O–H groups in total. The lowest BCUT2D eigenvalue weighted by Crippen LogP contribution is -2.09. The SMILES string of the molecule is Cc1sc2nc(-c3ccncc3)[nH]c(=O)c2c1-c1ccc(Cl)cc1. The Hall–Kier alpha value is -2.50. The zero-order valence-corrected chi connectivity index (χ0v) is 14.3.